The minimum Gasteiger partial charge on any atom is -0.326 e. The van der Waals surface area contributed by atoms with E-state index in [0.717, 1.165) is 0 Å². The van der Waals surface area contributed by atoms with Crippen LogP contribution in [-0.2, 0) is 0 Å². The van der Waals surface area contributed by atoms with E-state index in [1.807, 2.05) is 0 Å². The number of thiocarbonyl (C=S) groups is 1. The van der Waals surface area contributed by atoms with Gasteiger partial charge in [-0.15, -0.1) is 12.6 Å². The molecule has 0 aromatic carbocycles. The first-order valence-corrected chi connectivity index (χ1v) is 7.10. The van der Waals surface area contributed by atoms with Gasteiger partial charge in [0.05, 0.1) is 5.02 Å². The highest BCUT2D eigenvalue weighted by Gasteiger charge is 1.93. The SMILES string of the molecule is CCN(CC)CC.S=C(S)Nc1ccc(Cl)cn1. The zero-order valence-corrected chi connectivity index (χ0v) is 13.4. The summed E-state index contributed by atoms with van der Waals surface area (Å²) < 4.78 is 0.389. The molecule has 6 heteroatoms. The highest BCUT2D eigenvalue weighted by Crippen LogP contribution is 2.09. The van der Waals surface area contributed by atoms with Crippen LogP contribution in [0.15, 0.2) is 18.3 Å². The second-order valence-electron chi connectivity index (χ2n) is 3.41. The van der Waals surface area contributed by atoms with E-state index in [1.54, 1.807) is 12.1 Å². The fourth-order valence-electron chi connectivity index (χ4n) is 1.23. The maximum Gasteiger partial charge on any atom is 0.136 e. The van der Waals surface area contributed by atoms with E-state index in [1.165, 1.54) is 25.8 Å². The van der Waals surface area contributed by atoms with Crippen molar-refractivity contribution in [1.29, 1.82) is 0 Å². The molecular formula is C12H20ClN3S2. The second kappa shape index (κ2) is 10.6. The highest BCUT2D eigenvalue weighted by atomic mass is 35.5. The molecule has 0 aliphatic carbocycles. The number of pyridine rings is 1. The maximum absolute atomic E-state index is 5.61. The second-order valence-corrected chi connectivity index (χ2v) is 5.01. The van der Waals surface area contributed by atoms with Crippen LogP contribution in [0.5, 0.6) is 0 Å². The molecular weight excluding hydrogens is 286 g/mol. The number of aromatic nitrogens is 1. The Hall–Kier alpha value is -0.360. The maximum atomic E-state index is 5.61. The van der Waals surface area contributed by atoms with Crippen LogP contribution in [0, 0.1) is 0 Å². The van der Waals surface area contributed by atoms with Crippen molar-refractivity contribution in [3.8, 4) is 0 Å². The third kappa shape index (κ3) is 8.69. The lowest BCUT2D eigenvalue weighted by atomic mass is 10.5. The predicted octanol–water partition coefficient (Wildman–Crippen LogP) is 3.71. The number of anilines is 1. The normalized spacial score (nSPS) is 9.67. The third-order valence-corrected chi connectivity index (χ3v) is 2.74. The molecule has 18 heavy (non-hydrogen) atoms. The van der Waals surface area contributed by atoms with Crippen LogP contribution in [0.25, 0.3) is 0 Å². The fraction of sp³-hybridized carbons (Fsp3) is 0.500. The first-order chi connectivity index (χ1) is 8.53. The summed E-state index contributed by atoms with van der Waals surface area (Å²) in [7, 11) is 0. The largest absolute Gasteiger partial charge is 0.326 e. The minimum absolute atomic E-state index is 0.389. The average Bonchev–Trinajstić information content (AvgIpc) is 2.35. The summed E-state index contributed by atoms with van der Waals surface area (Å²) >= 11 is 14.2. The summed E-state index contributed by atoms with van der Waals surface area (Å²) in [4.78, 5) is 6.31. The van der Waals surface area contributed by atoms with Crippen LogP contribution in [0.3, 0.4) is 0 Å². The van der Waals surface area contributed by atoms with Gasteiger partial charge in [0.25, 0.3) is 0 Å². The van der Waals surface area contributed by atoms with Crippen molar-refractivity contribution in [3.05, 3.63) is 23.4 Å². The number of nitrogens with zero attached hydrogens (tertiary/aromatic N) is 2. The van der Waals surface area contributed by atoms with Crippen molar-refractivity contribution in [3.63, 3.8) is 0 Å². The van der Waals surface area contributed by atoms with Gasteiger partial charge in [0.15, 0.2) is 0 Å². The van der Waals surface area contributed by atoms with Gasteiger partial charge in [0, 0.05) is 6.20 Å². The van der Waals surface area contributed by atoms with Crippen molar-refractivity contribution in [2.45, 2.75) is 20.8 Å². The van der Waals surface area contributed by atoms with Crippen molar-refractivity contribution >= 4 is 46.6 Å². The standard InChI is InChI=1S/C6H5ClN2S2.C6H15N/c7-4-1-2-5(8-3-4)9-6(10)11;1-4-7(5-2)6-3/h1-3H,(H2,8,9,10,11);4-6H2,1-3H3. The zero-order valence-electron chi connectivity index (χ0n) is 11.0. The Kier molecular flexibility index (Phi) is 10.3. The lowest BCUT2D eigenvalue weighted by Gasteiger charge is -2.13. The zero-order chi connectivity index (χ0) is 14.0. The molecule has 3 nitrogen and oxygen atoms in total. The Bertz CT molecular complexity index is 334. The molecule has 0 spiro atoms. The van der Waals surface area contributed by atoms with Crippen molar-refractivity contribution in [1.82, 2.24) is 9.88 Å². The Balaban J connectivity index is 0.000000360. The van der Waals surface area contributed by atoms with Gasteiger partial charge in [-0.3, -0.25) is 0 Å². The molecule has 1 heterocycles. The van der Waals surface area contributed by atoms with E-state index in [-0.39, 0.29) is 0 Å². The molecule has 0 saturated carbocycles. The molecule has 102 valence electrons. The van der Waals surface area contributed by atoms with Crippen molar-refractivity contribution in [2.24, 2.45) is 0 Å². The average molecular weight is 306 g/mol. The molecule has 1 N–H and O–H groups in total. The summed E-state index contributed by atoms with van der Waals surface area (Å²) in [5.41, 5.74) is 0. The van der Waals surface area contributed by atoms with Crippen molar-refractivity contribution < 1.29 is 0 Å². The van der Waals surface area contributed by atoms with Crippen LogP contribution < -0.4 is 5.32 Å². The van der Waals surface area contributed by atoms with Gasteiger partial charge < -0.3 is 10.2 Å². The lowest BCUT2D eigenvalue weighted by Crippen LogP contribution is -2.21. The number of nitrogens with one attached hydrogen (secondary N) is 1. The summed E-state index contributed by atoms with van der Waals surface area (Å²) in [5, 5.41) is 3.36. The number of hydrogen-bond acceptors (Lipinski definition) is 3. The topological polar surface area (TPSA) is 28.2 Å². The van der Waals surface area contributed by atoms with Crippen LogP contribution >= 0.6 is 36.4 Å². The Morgan fingerprint density at radius 1 is 1.33 bits per heavy atom. The fourth-order valence-corrected chi connectivity index (χ4v) is 1.56. The van der Waals surface area contributed by atoms with Gasteiger partial charge in [-0.05, 0) is 31.8 Å². The molecule has 0 aliphatic rings. The first kappa shape index (κ1) is 17.6. The molecule has 1 aromatic heterocycles. The Labute approximate surface area is 125 Å². The number of rotatable bonds is 4. The van der Waals surface area contributed by atoms with E-state index in [9.17, 15) is 0 Å². The summed E-state index contributed by atoms with van der Waals surface area (Å²) in [6.07, 6.45) is 1.54. The lowest BCUT2D eigenvalue weighted by molar-refractivity contribution is 0.321. The van der Waals surface area contributed by atoms with E-state index >= 15 is 0 Å². The van der Waals surface area contributed by atoms with Crippen LogP contribution in [0.2, 0.25) is 5.02 Å². The molecule has 0 amide bonds. The molecule has 1 rings (SSSR count). The first-order valence-electron chi connectivity index (χ1n) is 5.87. The van der Waals surface area contributed by atoms with Gasteiger partial charge in [0.1, 0.15) is 10.1 Å². The molecule has 0 saturated heterocycles. The Morgan fingerprint density at radius 2 is 1.89 bits per heavy atom. The van der Waals surface area contributed by atoms with Gasteiger partial charge in [-0.2, -0.15) is 0 Å². The predicted molar refractivity (Wildman–Crippen MR) is 87.9 cm³/mol. The van der Waals surface area contributed by atoms with Crippen LogP contribution in [0.4, 0.5) is 5.82 Å². The molecule has 0 radical (unpaired) electrons. The van der Waals surface area contributed by atoms with E-state index in [2.05, 4.69) is 48.6 Å². The molecule has 0 atom stereocenters. The van der Waals surface area contributed by atoms with Crippen LogP contribution in [-0.4, -0.2) is 33.8 Å². The summed E-state index contributed by atoms with van der Waals surface area (Å²) in [5.74, 6) is 0.648. The monoisotopic (exact) mass is 305 g/mol. The molecule has 0 aliphatic heterocycles. The Morgan fingerprint density at radius 3 is 2.17 bits per heavy atom. The number of hydrogen-bond donors (Lipinski definition) is 2. The van der Waals surface area contributed by atoms with Crippen LogP contribution in [0.1, 0.15) is 20.8 Å². The van der Waals surface area contributed by atoms with Gasteiger partial charge >= 0.3 is 0 Å². The molecule has 0 bridgehead atoms. The van der Waals surface area contributed by atoms with E-state index in [4.69, 9.17) is 23.8 Å². The van der Waals surface area contributed by atoms with E-state index in [0.29, 0.717) is 15.2 Å². The van der Waals surface area contributed by atoms with Gasteiger partial charge in [-0.25, -0.2) is 4.98 Å². The number of thiol groups is 1. The van der Waals surface area contributed by atoms with E-state index < -0.39 is 0 Å². The highest BCUT2D eigenvalue weighted by molar-refractivity contribution is 8.11. The number of halogens is 1. The smallest absolute Gasteiger partial charge is 0.136 e. The van der Waals surface area contributed by atoms with Crippen molar-refractivity contribution in [2.75, 3.05) is 25.0 Å². The molecule has 1 aromatic rings. The summed E-state index contributed by atoms with van der Waals surface area (Å²) in [6, 6.07) is 3.45. The quantitative estimate of drug-likeness (QED) is 0.655. The molecule has 0 unspecified atom stereocenters. The molecule has 0 fully saturated rings. The van der Waals surface area contributed by atoms with Gasteiger partial charge in [-0.1, -0.05) is 44.6 Å². The van der Waals surface area contributed by atoms with Gasteiger partial charge in [0.2, 0.25) is 0 Å². The minimum atomic E-state index is 0.389. The summed E-state index contributed by atoms with van der Waals surface area (Å²) in [6.45, 7) is 10.1. The third-order valence-electron chi connectivity index (χ3n) is 2.30.